The van der Waals surface area contributed by atoms with Crippen LogP contribution in [-0.2, 0) is 0 Å². The molecule has 2 heteroatoms. The number of benzene rings is 1. The first-order chi connectivity index (χ1) is 7.61. The van der Waals surface area contributed by atoms with Crippen molar-refractivity contribution in [2.45, 2.75) is 26.9 Å². The van der Waals surface area contributed by atoms with Crippen molar-refractivity contribution in [1.29, 1.82) is 0 Å². The van der Waals surface area contributed by atoms with Crippen molar-refractivity contribution in [1.82, 2.24) is 0 Å². The zero-order valence-electron chi connectivity index (χ0n) is 9.82. The van der Waals surface area contributed by atoms with E-state index in [-0.39, 0.29) is 0 Å². The van der Waals surface area contributed by atoms with Crippen LogP contribution in [0.1, 0.15) is 34.3 Å². The maximum absolute atomic E-state index is 10.3. The third kappa shape index (κ3) is 1.76. The third-order valence-corrected chi connectivity index (χ3v) is 3.01. The summed E-state index contributed by atoms with van der Waals surface area (Å²) in [5, 5.41) is 10.3. The van der Waals surface area contributed by atoms with Gasteiger partial charge in [-0.25, -0.2) is 0 Å². The Hall–Kier alpha value is -1.54. The average molecular weight is 216 g/mol. The van der Waals surface area contributed by atoms with Gasteiger partial charge in [-0.1, -0.05) is 30.3 Å². The van der Waals surface area contributed by atoms with E-state index in [0.717, 1.165) is 28.2 Å². The van der Waals surface area contributed by atoms with Crippen LogP contribution in [0, 0.1) is 20.8 Å². The molecule has 0 fully saturated rings. The van der Waals surface area contributed by atoms with Crippen LogP contribution in [0.5, 0.6) is 0 Å². The van der Waals surface area contributed by atoms with Crippen molar-refractivity contribution < 1.29 is 9.52 Å². The van der Waals surface area contributed by atoms with Gasteiger partial charge in [-0.3, -0.25) is 0 Å². The largest absolute Gasteiger partial charge is 0.466 e. The molecule has 1 aromatic heterocycles. The number of hydrogen-bond acceptors (Lipinski definition) is 2. The van der Waals surface area contributed by atoms with Gasteiger partial charge in [0.1, 0.15) is 17.6 Å². The Balaban J connectivity index is 2.45. The van der Waals surface area contributed by atoms with Crippen LogP contribution in [0.3, 0.4) is 0 Å². The fraction of sp³-hybridized carbons (Fsp3) is 0.286. The zero-order chi connectivity index (χ0) is 11.7. The molecule has 0 aliphatic heterocycles. The topological polar surface area (TPSA) is 33.4 Å². The first kappa shape index (κ1) is 11.0. The summed E-state index contributed by atoms with van der Waals surface area (Å²) in [5.41, 5.74) is 2.83. The molecule has 0 saturated heterocycles. The lowest BCUT2D eigenvalue weighted by molar-refractivity contribution is 0.217. The fourth-order valence-electron chi connectivity index (χ4n) is 2.01. The first-order valence-electron chi connectivity index (χ1n) is 5.40. The Labute approximate surface area is 95.5 Å². The van der Waals surface area contributed by atoms with Gasteiger partial charge in [-0.2, -0.15) is 0 Å². The zero-order valence-corrected chi connectivity index (χ0v) is 9.82. The SMILES string of the molecule is Cc1oc(C)c(C(O)c2ccccc2)c1C. The van der Waals surface area contributed by atoms with E-state index in [4.69, 9.17) is 4.42 Å². The molecule has 1 N–H and O–H groups in total. The quantitative estimate of drug-likeness (QED) is 0.835. The highest BCUT2D eigenvalue weighted by Crippen LogP contribution is 2.30. The molecule has 0 aliphatic rings. The van der Waals surface area contributed by atoms with Crippen LogP contribution in [0.25, 0.3) is 0 Å². The molecule has 0 bridgehead atoms. The van der Waals surface area contributed by atoms with E-state index in [1.165, 1.54) is 0 Å². The van der Waals surface area contributed by atoms with E-state index in [2.05, 4.69) is 0 Å². The molecule has 0 aliphatic carbocycles. The predicted octanol–water partition coefficient (Wildman–Crippen LogP) is 3.29. The van der Waals surface area contributed by atoms with Gasteiger partial charge < -0.3 is 9.52 Å². The molecule has 2 nitrogen and oxygen atoms in total. The van der Waals surface area contributed by atoms with Gasteiger partial charge in [-0.15, -0.1) is 0 Å². The summed E-state index contributed by atoms with van der Waals surface area (Å²) in [5.74, 6) is 1.67. The second-order valence-corrected chi connectivity index (χ2v) is 4.07. The molecule has 2 aromatic rings. The normalized spacial score (nSPS) is 12.8. The van der Waals surface area contributed by atoms with Crippen LogP contribution in [-0.4, -0.2) is 5.11 Å². The molecular weight excluding hydrogens is 200 g/mol. The fourth-order valence-corrected chi connectivity index (χ4v) is 2.01. The summed E-state index contributed by atoms with van der Waals surface area (Å²) in [6, 6.07) is 9.64. The smallest absolute Gasteiger partial charge is 0.108 e. The van der Waals surface area contributed by atoms with E-state index in [9.17, 15) is 5.11 Å². The van der Waals surface area contributed by atoms with Crippen LogP contribution in [0.4, 0.5) is 0 Å². The van der Waals surface area contributed by atoms with Crippen molar-refractivity contribution in [2.24, 2.45) is 0 Å². The summed E-state index contributed by atoms with van der Waals surface area (Å²) < 4.78 is 5.53. The molecule has 1 aromatic carbocycles. The third-order valence-electron chi connectivity index (χ3n) is 3.01. The molecule has 0 amide bonds. The average Bonchev–Trinajstić information content (AvgIpc) is 2.54. The van der Waals surface area contributed by atoms with Crippen molar-refractivity contribution in [3.8, 4) is 0 Å². The number of aliphatic hydroxyl groups excluding tert-OH is 1. The van der Waals surface area contributed by atoms with Crippen molar-refractivity contribution in [2.75, 3.05) is 0 Å². The Bertz CT molecular complexity index is 483. The molecule has 84 valence electrons. The van der Waals surface area contributed by atoms with Gasteiger partial charge in [-0.05, 0) is 31.9 Å². The van der Waals surface area contributed by atoms with Gasteiger partial charge in [0.15, 0.2) is 0 Å². The highest BCUT2D eigenvalue weighted by atomic mass is 16.3. The first-order valence-corrected chi connectivity index (χ1v) is 5.40. The van der Waals surface area contributed by atoms with Crippen molar-refractivity contribution in [3.05, 3.63) is 58.5 Å². The van der Waals surface area contributed by atoms with E-state index in [1.807, 2.05) is 51.1 Å². The van der Waals surface area contributed by atoms with Crippen LogP contribution >= 0.6 is 0 Å². The molecule has 16 heavy (non-hydrogen) atoms. The minimum Gasteiger partial charge on any atom is -0.466 e. The summed E-state index contributed by atoms with van der Waals surface area (Å²) in [4.78, 5) is 0. The van der Waals surface area contributed by atoms with Gasteiger partial charge in [0.2, 0.25) is 0 Å². The van der Waals surface area contributed by atoms with Gasteiger partial charge in [0.25, 0.3) is 0 Å². The summed E-state index contributed by atoms with van der Waals surface area (Å²) in [6.07, 6.45) is -0.598. The maximum atomic E-state index is 10.3. The molecule has 0 spiro atoms. The highest BCUT2D eigenvalue weighted by Gasteiger charge is 2.19. The minimum atomic E-state index is -0.598. The molecule has 1 heterocycles. The van der Waals surface area contributed by atoms with Crippen LogP contribution < -0.4 is 0 Å². The number of rotatable bonds is 2. The van der Waals surface area contributed by atoms with Crippen LogP contribution in [0.2, 0.25) is 0 Å². The lowest BCUT2D eigenvalue weighted by Gasteiger charge is -2.11. The van der Waals surface area contributed by atoms with Crippen molar-refractivity contribution in [3.63, 3.8) is 0 Å². The van der Waals surface area contributed by atoms with E-state index >= 15 is 0 Å². The number of aryl methyl sites for hydroxylation is 2. The molecule has 1 unspecified atom stereocenters. The maximum Gasteiger partial charge on any atom is 0.108 e. The predicted molar refractivity (Wildman–Crippen MR) is 63.4 cm³/mol. The lowest BCUT2D eigenvalue weighted by atomic mass is 9.98. The number of furan rings is 1. The Kier molecular flexibility index (Phi) is 2.84. The summed E-state index contributed by atoms with van der Waals surface area (Å²) >= 11 is 0. The highest BCUT2D eigenvalue weighted by molar-refractivity contribution is 5.38. The van der Waals surface area contributed by atoms with E-state index < -0.39 is 6.10 Å². The van der Waals surface area contributed by atoms with Crippen molar-refractivity contribution >= 4 is 0 Å². The summed E-state index contributed by atoms with van der Waals surface area (Å²) in [6.45, 7) is 5.79. The number of hydrogen-bond donors (Lipinski definition) is 1. The van der Waals surface area contributed by atoms with Gasteiger partial charge in [0.05, 0.1) is 0 Å². The van der Waals surface area contributed by atoms with Gasteiger partial charge in [0, 0.05) is 5.56 Å². The molecule has 0 radical (unpaired) electrons. The van der Waals surface area contributed by atoms with Crippen LogP contribution in [0.15, 0.2) is 34.7 Å². The second-order valence-electron chi connectivity index (χ2n) is 4.07. The van der Waals surface area contributed by atoms with E-state index in [1.54, 1.807) is 0 Å². The molecular formula is C14H16O2. The standard InChI is InChI=1S/C14H16O2/c1-9-10(2)16-11(3)13(9)14(15)12-7-5-4-6-8-12/h4-8,14-15H,1-3H3. The lowest BCUT2D eigenvalue weighted by Crippen LogP contribution is -2.01. The van der Waals surface area contributed by atoms with E-state index in [0.29, 0.717) is 0 Å². The van der Waals surface area contributed by atoms with Gasteiger partial charge >= 0.3 is 0 Å². The second kappa shape index (κ2) is 4.14. The molecule has 1 atom stereocenters. The molecule has 2 rings (SSSR count). The minimum absolute atomic E-state index is 0.598. The monoisotopic (exact) mass is 216 g/mol. The Morgan fingerprint density at radius 1 is 1.00 bits per heavy atom. The molecule has 0 saturated carbocycles. The Morgan fingerprint density at radius 3 is 2.12 bits per heavy atom. The number of aliphatic hydroxyl groups is 1. The Morgan fingerprint density at radius 2 is 1.62 bits per heavy atom. The summed E-state index contributed by atoms with van der Waals surface area (Å²) in [7, 11) is 0.